The normalized spacial score (nSPS) is 21.6. The fourth-order valence-corrected chi connectivity index (χ4v) is 2.64. The summed E-state index contributed by atoms with van der Waals surface area (Å²) in [5.74, 6) is 0.0587. The summed E-state index contributed by atoms with van der Waals surface area (Å²) < 4.78 is 0. The van der Waals surface area contributed by atoms with Crippen molar-refractivity contribution >= 4 is 17.5 Å². The topological polar surface area (TPSA) is 32.3 Å². The predicted molar refractivity (Wildman–Crippen MR) is 67.3 cm³/mol. The van der Waals surface area contributed by atoms with E-state index >= 15 is 0 Å². The highest BCUT2D eigenvalue weighted by Crippen LogP contribution is 2.37. The molecule has 0 bridgehead atoms. The molecule has 1 saturated carbocycles. The molecule has 1 aliphatic heterocycles. The van der Waals surface area contributed by atoms with E-state index in [2.05, 4.69) is 5.32 Å². The first-order chi connectivity index (χ1) is 8.20. The molecule has 2 aliphatic rings. The van der Waals surface area contributed by atoms with E-state index in [9.17, 15) is 4.79 Å². The van der Waals surface area contributed by atoms with Crippen molar-refractivity contribution in [3.63, 3.8) is 0 Å². The maximum Gasteiger partial charge on any atom is 0.255 e. The van der Waals surface area contributed by atoms with Gasteiger partial charge in [0, 0.05) is 25.2 Å². The molecule has 1 aromatic carbocycles. The summed E-state index contributed by atoms with van der Waals surface area (Å²) in [5, 5.41) is 4.04. The monoisotopic (exact) mass is 250 g/mol. The Morgan fingerprint density at radius 1 is 1.35 bits per heavy atom. The number of benzene rings is 1. The van der Waals surface area contributed by atoms with Crippen molar-refractivity contribution in [2.45, 2.75) is 18.4 Å². The molecule has 1 aliphatic carbocycles. The highest BCUT2D eigenvalue weighted by Gasteiger charge is 2.46. The fourth-order valence-electron chi connectivity index (χ4n) is 2.42. The smallest absolute Gasteiger partial charge is 0.255 e. The zero-order valence-corrected chi connectivity index (χ0v) is 10.3. The molecule has 1 spiro atoms. The summed E-state index contributed by atoms with van der Waals surface area (Å²) in [5.41, 5.74) is 0.835. The van der Waals surface area contributed by atoms with Crippen molar-refractivity contribution < 1.29 is 4.79 Å². The van der Waals surface area contributed by atoms with Gasteiger partial charge in [0.25, 0.3) is 5.91 Å². The summed E-state index contributed by atoms with van der Waals surface area (Å²) >= 11 is 6.06. The molecule has 1 aromatic rings. The Labute approximate surface area is 106 Å². The van der Waals surface area contributed by atoms with E-state index < -0.39 is 0 Å². The third-order valence-corrected chi connectivity index (χ3v) is 3.95. The van der Waals surface area contributed by atoms with Crippen LogP contribution in [-0.4, -0.2) is 36.0 Å². The molecule has 3 nitrogen and oxygen atoms in total. The van der Waals surface area contributed by atoms with Gasteiger partial charge in [0.1, 0.15) is 0 Å². The van der Waals surface area contributed by atoms with Crippen LogP contribution in [0.3, 0.4) is 0 Å². The van der Waals surface area contributed by atoms with Gasteiger partial charge in [0.2, 0.25) is 0 Å². The van der Waals surface area contributed by atoms with Crippen LogP contribution in [0.5, 0.6) is 0 Å². The van der Waals surface area contributed by atoms with Gasteiger partial charge in [-0.2, -0.15) is 0 Å². The number of carbonyl (C=O) groups is 1. The van der Waals surface area contributed by atoms with Crippen LogP contribution in [0.25, 0.3) is 0 Å². The Morgan fingerprint density at radius 3 is 2.82 bits per heavy atom. The molecule has 0 radical (unpaired) electrons. The molecular weight excluding hydrogens is 236 g/mol. The second kappa shape index (κ2) is 4.00. The zero-order valence-electron chi connectivity index (χ0n) is 9.58. The minimum Gasteiger partial charge on any atom is -0.335 e. The molecule has 1 N–H and O–H groups in total. The zero-order chi connectivity index (χ0) is 11.9. The lowest BCUT2D eigenvalue weighted by atomic mass is 10.1. The van der Waals surface area contributed by atoms with Gasteiger partial charge in [-0.1, -0.05) is 23.7 Å². The number of halogens is 1. The van der Waals surface area contributed by atoms with Crippen molar-refractivity contribution in [1.29, 1.82) is 0 Å². The summed E-state index contributed by atoms with van der Waals surface area (Å²) in [6.07, 6.45) is 2.36. The van der Waals surface area contributed by atoms with Gasteiger partial charge >= 0.3 is 0 Å². The van der Waals surface area contributed by atoms with E-state index in [0.29, 0.717) is 10.6 Å². The average molecular weight is 251 g/mol. The van der Waals surface area contributed by atoms with Crippen LogP contribution in [0.15, 0.2) is 24.3 Å². The maximum absolute atomic E-state index is 12.3. The number of piperazine rings is 1. The number of nitrogens with zero attached hydrogens (tertiary/aromatic N) is 1. The van der Waals surface area contributed by atoms with Crippen LogP contribution in [-0.2, 0) is 0 Å². The van der Waals surface area contributed by atoms with Gasteiger partial charge in [-0.25, -0.2) is 0 Å². The first-order valence-corrected chi connectivity index (χ1v) is 6.37. The third-order valence-electron chi connectivity index (χ3n) is 3.62. The number of rotatable bonds is 1. The number of hydrogen-bond donors (Lipinski definition) is 1. The Balaban J connectivity index is 1.80. The number of amides is 1. The first kappa shape index (κ1) is 11.1. The highest BCUT2D eigenvalue weighted by molar-refractivity contribution is 6.33. The Morgan fingerprint density at radius 2 is 2.12 bits per heavy atom. The standard InChI is InChI=1S/C13H15ClN2O/c14-11-4-2-1-3-10(11)12(17)16-8-7-15-13(9-16)5-6-13/h1-4,15H,5-9H2. The van der Waals surface area contributed by atoms with Crippen LogP contribution in [0, 0.1) is 0 Å². The van der Waals surface area contributed by atoms with E-state index in [4.69, 9.17) is 11.6 Å². The van der Waals surface area contributed by atoms with Crippen molar-refractivity contribution in [2.24, 2.45) is 0 Å². The quantitative estimate of drug-likeness (QED) is 0.826. The lowest BCUT2D eigenvalue weighted by Gasteiger charge is -2.34. The molecule has 0 atom stereocenters. The van der Waals surface area contributed by atoms with Gasteiger partial charge in [-0.05, 0) is 25.0 Å². The molecule has 1 heterocycles. The van der Waals surface area contributed by atoms with E-state index in [1.807, 2.05) is 17.0 Å². The second-order valence-corrected chi connectivity index (χ2v) is 5.32. The summed E-state index contributed by atoms with van der Waals surface area (Å²) in [6, 6.07) is 7.27. The van der Waals surface area contributed by atoms with Crippen molar-refractivity contribution in [1.82, 2.24) is 10.2 Å². The molecule has 0 unspecified atom stereocenters. The van der Waals surface area contributed by atoms with Crippen LogP contribution in [0.4, 0.5) is 0 Å². The Hall–Kier alpha value is -1.06. The number of hydrogen-bond acceptors (Lipinski definition) is 2. The minimum atomic E-state index is 0.0587. The molecule has 2 fully saturated rings. The lowest BCUT2D eigenvalue weighted by molar-refractivity contribution is 0.0691. The summed E-state index contributed by atoms with van der Waals surface area (Å²) in [6.45, 7) is 2.47. The number of nitrogens with one attached hydrogen (secondary N) is 1. The van der Waals surface area contributed by atoms with Crippen molar-refractivity contribution in [3.05, 3.63) is 34.9 Å². The third kappa shape index (κ3) is 2.05. The molecule has 4 heteroatoms. The van der Waals surface area contributed by atoms with E-state index in [-0.39, 0.29) is 11.4 Å². The molecular formula is C13H15ClN2O. The van der Waals surface area contributed by atoms with Gasteiger partial charge in [0.05, 0.1) is 10.6 Å². The van der Waals surface area contributed by atoms with E-state index in [1.165, 1.54) is 12.8 Å². The summed E-state index contributed by atoms with van der Waals surface area (Å²) in [7, 11) is 0. The predicted octanol–water partition coefficient (Wildman–Crippen LogP) is 1.92. The van der Waals surface area contributed by atoms with Crippen molar-refractivity contribution in [3.8, 4) is 0 Å². The fraction of sp³-hybridized carbons (Fsp3) is 0.462. The van der Waals surface area contributed by atoms with E-state index in [0.717, 1.165) is 19.6 Å². The second-order valence-electron chi connectivity index (χ2n) is 4.91. The lowest BCUT2D eigenvalue weighted by Crippen LogP contribution is -2.54. The van der Waals surface area contributed by atoms with Crippen LogP contribution >= 0.6 is 11.6 Å². The highest BCUT2D eigenvalue weighted by atomic mass is 35.5. The largest absolute Gasteiger partial charge is 0.335 e. The SMILES string of the molecule is O=C(c1ccccc1Cl)N1CCNC2(CC2)C1. The van der Waals surface area contributed by atoms with Crippen LogP contribution in [0.2, 0.25) is 5.02 Å². The van der Waals surface area contributed by atoms with E-state index in [1.54, 1.807) is 12.1 Å². The molecule has 3 rings (SSSR count). The van der Waals surface area contributed by atoms with Gasteiger partial charge in [-0.15, -0.1) is 0 Å². The molecule has 17 heavy (non-hydrogen) atoms. The maximum atomic E-state index is 12.3. The number of carbonyl (C=O) groups excluding carboxylic acids is 1. The van der Waals surface area contributed by atoms with Gasteiger partial charge < -0.3 is 10.2 Å². The molecule has 1 saturated heterocycles. The molecule has 0 aromatic heterocycles. The van der Waals surface area contributed by atoms with Gasteiger partial charge in [-0.3, -0.25) is 4.79 Å². The Bertz CT molecular complexity index is 456. The molecule has 90 valence electrons. The minimum absolute atomic E-state index is 0.0587. The Kier molecular flexibility index (Phi) is 2.60. The van der Waals surface area contributed by atoms with Crippen LogP contribution < -0.4 is 5.32 Å². The van der Waals surface area contributed by atoms with Gasteiger partial charge in [0.15, 0.2) is 0 Å². The summed E-state index contributed by atoms with van der Waals surface area (Å²) in [4.78, 5) is 14.3. The van der Waals surface area contributed by atoms with Crippen molar-refractivity contribution in [2.75, 3.05) is 19.6 Å². The first-order valence-electron chi connectivity index (χ1n) is 5.99. The average Bonchev–Trinajstić information content (AvgIpc) is 3.08. The molecule has 1 amide bonds. The van der Waals surface area contributed by atoms with Crippen LogP contribution in [0.1, 0.15) is 23.2 Å².